The van der Waals surface area contributed by atoms with Gasteiger partial charge in [-0.25, -0.2) is 0 Å². The van der Waals surface area contributed by atoms with E-state index in [0.29, 0.717) is 5.41 Å². The van der Waals surface area contributed by atoms with Crippen LogP contribution in [0.5, 0.6) is 0 Å². The second kappa shape index (κ2) is 1.96. The van der Waals surface area contributed by atoms with Gasteiger partial charge >= 0.3 is 0 Å². The molecule has 52 valence electrons. The topological polar surface area (TPSA) is 24.1 Å². The summed E-state index contributed by atoms with van der Waals surface area (Å²) in [7, 11) is 0. The normalized spacial score (nSPS) is 35.8. The molecule has 2 N–H and O–H groups in total. The van der Waals surface area contributed by atoms with Crippen LogP contribution in [0.25, 0.3) is 0 Å². The molecule has 2 aliphatic heterocycles. The van der Waals surface area contributed by atoms with Gasteiger partial charge in [-0.1, -0.05) is 0 Å². The largest absolute Gasteiger partial charge is 0.316 e. The first-order valence-electron chi connectivity index (χ1n) is 4.20. The summed E-state index contributed by atoms with van der Waals surface area (Å²) in [6, 6.07) is 0. The third-order valence-electron chi connectivity index (χ3n) is 2.46. The van der Waals surface area contributed by atoms with Gasteiger partial charge < -0.3 is 10.6 Å². The highest BCUT2D eigenvalue weighted by molar-refractivity contribution is 4.95. The molecule has 2 heteroatoms. The van der Waals surface area contributed by atoms with Crippen molar-refractivity contribution >= 4 is 0 Å². The first-order valence-corrected chi connectivity index (χ1v) is 3.75. The van der Waals surface area contributed by atoms with Gasteiger partial charge in [0, 0.05) is 25.0 Å². The van der Waals surface area contributed by atoms with E-state index in [1.54, 1.807) is 5.31 Å². The van der Waals surface area contributed by atoms with Crippen LogP contribution < -0.4 is 10.6 Å². The van der Waals surface area contributed by atoms with E-state index in [9.17, 15) is 0 Å². The summed E-state index contributed by atoms with van der Waals surface area (Å²) in [6.07, 6.45) is 2.63. The fraction of sp³-hybridized carbons (Fsp3) is 1.00. The number of rotatable bonds is 0. The standard InChI is InChI=1S/C7H14N2/c1-2-7(4-8-3-1)5-9-6-7/h8-9H,1-6H2/i/hD. The Balaban J connectivity index is 1.90. The Morgan fingerprint density at radius 3 is 2.78 bits per heavy atom. The summed E-state index contributed by atoms with van der Waals surface area (Å²) in [5, 5.41) is 5.05. The molecule has 1 spiro atoms. The summed E-state index contributed by atoms with van der Waals surface area (Å²) in [6.45, 7) is 4.29. The molecule has 0 unspecified atom stereocenters. The molecule has 0 atom stereocenters. The van der Waals surface area contributed by atoms with Crippen LogP contribution in [0.3, 0.4) is 0 Å². The van der Waals surface area contributed by atoms with Crippen molar-refractivity contribution in [3.8, 4) is 0 Å². The number of hydrogen-bond donors (Lipinski definition) is 2. The van der Waals surface area contributed by atoms with Crippen molar-refractivity contribution in [1.82, 2.24) is 10.6 Å². The van der Waals surface area contributed by atoms with Gasteiger partial charge in [0.2, 0.25) is 0 Å². The maximum atomic E-state index is 7.28. The van der Waals surface area contributed by atoms with Crippen LogP contribution in [0, 0.1) is 5.41 Å². The van der Waals surface area contributed by atoms with Crippen molar-refractivity contribution in [2.24, 2.45) is 5.41 Å². The lowest BCUT2D eigenvalue weighted by Crippen LogP contribution is -2.60. The van der Waals surface area contributed by atoms with Gasteiger partial charge in [-0.2, -0.15) is 0 Å². The zero-order valence-electron chi connectivity index (χ0n) is 6.69. The van der Waals surface area contributed by atoms with Gasteiger partial charge in [-0.3, -0.25) is 0 Å². The Morgan fingerprint density at radius 2 is 2.22 bits per heavy atom. The van der Waals surface area contributed by atoms with E-state index in [1.807, 2.05) is 0 Å². The van der Waals surface area contributed by atoms with Crippen LogP contribution in [-0.2, 0) is 0 Å². The molecule has 2 heterocycles. The van der Waals surface area contributed by atoms with Crippen LogP contribution in [0.15, 0.2) is 0 Å². The molecular weight excluding hydrogens is 112 g/mol. The molecule has 0 radical (unpaired) electrons. The monoisotopic (exact) mass is 127 g/mol. The Morgan fingerprint density at radius 1 is 1.33 bits per heavy atom. The molecule has 2 aliphatic rings. The molecule has 0 aromatic rings. The Labute approximate surface area is 57.5 Å². The van der Waals surface area contributed by atoms with Crippen LogP contribution in [0.1, 0.15) is 12.8 Å². The van der Waals surface area contributed by atoms with Crippen molar-refractivity contribution in [2.45, 2.75) is 12.8 Å². The number of hydrogen-bond acceptors (Lipinski definition) is 2. The van der Waals surface area contributed by atoms with Crippen LogP contribution >= 0.6 is 0 Å². The SMILES string of the molecule is [2H]N1CC2(CCCNC2)C1. The number of piperidine rings is 1. The highest BCUT2D eigenvalue weighted by Gasteiger charge is 2.37. The van der Waals surface area contributed by atoms with E-state index in [0.717, 1.165) is 19.6 Å². The third-order valence-corrected chi connectivity index (χ3v) is 2.46. The molecule has 0 aliphatic carbocycles. The highest BCUT2D eigenvalue weighted by Crippen LogP contribution is 2.29. The van der Waals surface area contributed by atoms with Crippen molar-refractivity contribution < 1.29 is 1.41 Å². The molecule has 0 aromatic carbocycles. The molecule has 0 saturated carbocycles. The molecule has 9 heavy (non-hydrogen) atoms. The Hall–Kier alpha value is -0.0800. The lowest BCUT2D eigenvalue weighted by atomic mass is 9.76. The van der Waals surface area contributed by atoms with E-state index < -0.39 is 0 Å². The molecule has 2 rings (SSSR count). The van der Waals surface area contributed by atoms with Gasteiger partial charge in [0.15, 0.2) is 0 Å². The Kier molecular flexibility index (Phi) is 1.02. The molecule has 2 nitrogen and oxygen atoms in total. The molecule has 2 fully saturated rings. The smallest absolute Gasteiger partial charge is 0.122 e. The predicted molar refractivity (Wildman–Crippen MR) is 37.4 cm³/mol. The van der Waals surface area contributed by atoms with Gasteiger partial charge in [-0.05, 0) is 19.4 Å². The zero-order valence-corrected chi connectivity index (χ0v) is 5.69. The van der Waals surface area contributed by atoms with Gasteiger partial charge in [0.1, 0.15) is 1.41 Å². The predicted octanol–water partition coefficient (Wildman–Crippen LogP) is -0.0406. The van der Waals surface area contributed by atoms with Crippen molar-refractivity contribution in [1.29, 1.82) is 0 Å². The van der Waals surface area contributed by atoms with Gasteiger partial charge in [0.05, 0.1) is 0 Å². The summed E-state index contributed by atoms with van der Waals surface area (Å²) >= 11 is 0. The molecule has 0 amide bonds. The maximum Gasteiger partial charge on any atom is 0.122 e. The molecule has 0 aromatic heterocycles. The maximum absolute atomic E-state index is 7.28. The molecule has 2 saturated heterocycles. The van der Waals surface area contributed by atoms with Crippen molar-refractivity contribution in [2.75, 3.05) is 26.2 Å². The minimum Gasteiger partial charge on any atom is -0.316 e. The summed E-state index contributed by atoms with van der Waals surface area (Å²) < 4.78 is 7.28. The minimum atomic E-state index is 0.500. The second-order valence-electron chi connectivity index (χ2n) is 3.32. The van der Waals surface area contributed by atoms with E-state index in [1.165, 1.54) is 19.4 Å². The lowest BCUT2D eigenvalue weighted by Gasteiger charge is -2.45. The quantitative estimate of drug-likeness (QED) is 0.477. The molecule has 0 bridgehead atoms. The van der Waals surface area contributed by atoms with E-state index in [2.05, 4.69) is 5.32 Å². The average Bonchev–Trinajstić information content (AvgIpc) is 1.87. The average molecular weight is 127 g/mol. The summed E-state index contributed by atoms with van der Waals surface area (Å²) in [4.78, 5) is 0. The Bertz CT molecular complexity index is 116. The van der Waals surface area contributed by atoms with Crippen LogP contribution in [0.4, 0.5) is 0 Å². The lowest BCUT2D eigenvalue weighted by molar-refractivity contribution is 0.123. The number of nitrogens with one attached hydrogen (secondary N) is 2. The van der Waals surface area contributed by atoms with Crippen molar-refractivity contribution in [3.05, 3.63) is 0 Å². The van der Waals surface area contributed by atoms with E-state index in [-0.39, 0.29) is 0 Å². The highest BCUT2D eigenvalue weighted by atomic mass is 15.0. The fourth-order valence-electron chi connectivity index (χ4n) is 1.73. The summed E-state index contributed by atoms with van der Waals surface area (Å²) in [5.74, 6) is 0. The first-order chi connectivity index (χ1) is 4.81. The molecular formula is C7H14N2. The van der Waals surface area contributed by atoms with Gasteiger partial charge in [0.25, 0.3) is 0 Å². The second-order valence-corrected chi connectivity index (χ2v) is 3.32. The third kappa shape index (κ3) is 0.864. The van der Waals surface area contributed by atoms with Crippen LogP contribution in [-0.4, -0.2) is 26.2 Å². The van der Waals surface area contributed by atoms with E-state index in [4.69, 9.17) is 1.41 Å². The minimum absolute atomic E-state index is 0.500. The van der Waals surface area contributed by atoms with Gasteiger partial charge in [-0.15, -0.1) is 0 Å². The summed E-state index contributed by atoms with van der Waals surface area (Å²) in [5.41, 5.74) is 0.500. The first kappa shape index (κ1) is 4.69. The van der Waals surface area contributed by atoms with E-state index >= 15 is 0 Å². The fourth-order valence-corrected chi connectivity index (χ4v) is 1.73. The zero-order chi connectivity index (χ0) is 7.03. The van der Waals surface area contributed by atoms with Crippen molar-refractivity contribution in [3.63, 3.8) is 0 Å². The van der Waals surface area contributed by atoms with Crippen LogP contribution in [0.2, 0.25) is 1.41 Å².